The Kier molecular flexibility index (Phi) is 6.06. The molecule has 2 aliphatic heterocycles. The number of ether oxygens (including phenoxy) is 2. The van der Waals surface area contributed by atoms with Gasteiger partial charge in [-0.15, -0.1) is 0 Å². The van der Waals surface area contributed by atoms with Gasteiger partial charge in [0.25, 0.3) is 5.91 Å². The number of morpholine rings is 1. The third-order valence-corrected chi connectivity index (χ3v) is 4.83. The van der Waals surface area contributed by atoms with Crippen LogP contribution >= 0.6 is 0 Å². The molecule has 2 fully saturated rings. The molecule has 1 amide bonds. The number of para-hydroxylation sites is 1. The van der Waals surface area contributed by atoms with Crippen molar-refractivity contribution >= 4 is 11.6 Å². The molecule has 2 aliphatic rings. The fourth-order valence-corrected chi connectivity index (χ4v) is 3.72. The smallest absolute Gasteiger partial charge is 0.253 e. The summed E-state index contributed by atoms with van der Waals surface area (Å²) in [6, 6.07) is 7.98. The molecule has 2 saturated heterocycles. The molecule has 0 saturated carbocycles. The van der Waals surface area contributed by atoms with Crippen molar-refractivity contribution in [3.05, 3.63) is 29.8 Å². The molecule has 0 spiro atoms. The average Bonchev–Trinajstić information content (AvgIpc) is 3.05. The average molecular weight is 347 g/mol. The Morgan fingerprint density at radius 2 is 1.92 bits per heavy atom. The molecule has 0 aliphatic carbocycles. The van der Waals surface area contributed by atoms with Gasteiger partial charge in [0.1, 0.15) is 6.10 Å². The van der Waals surface area contributed by atoms with Gasteiger partial charge in [0.05, 0.1) is 18.3 Å². The van der Waals surface area contributed by atoms with Crippen LogP contribution in [0.2, 0.25) is 0 Å². The van der Waals surface area contributed by atoms with Crippen LogP contribution in [-0.2, 0) is 20.8 Å². The number of anilines is 1. The minimum absolute atomic E-state index is 0.00215. The number of rotatable bonds is 5. The summed E-state index contributed by atoms with van der Waals surface area (Å²) in [5, 5.41) is 3.05. The Labute approximate surface area is 149 Å². The second kappa shape index (κ2) is 8.27. The number of carbonyl (C=O) groups is 1. The van der Waals surface area contributed by atoms with Gasteiger partial charge in [-0.2, -0.15) is 0 Å². The van der Waals surface area contributed by atoms with Crippen molar-refractivity contribution in [2.75, 3.05) is 25.0 Å². The minimum atomic E-state index is -0.398. The molecular formula is C19H29N3O3. The molecule has 3 rings (SSSR count). The summed E-state index contributed by atoms with van der Waals surface area (Å²) in [4.78, 5) is 14.9. The topological polar surface area (TPSA) is 76.8 Å². The third kappa shape index (κ3) is 4.79. The first-order chi connectivity index (χ1) is 12.0. The predicted molar refractivity (Wildman–Crippen MR) is 97.3 cm³/mol. The van der Waals surface area contributed by atoms with Crippen LogP contribution in [0.3, 0.4) is 0 Å². The molecule has 0 bridgehead atoms. The molecule has 2 heterocycles. The zero-order valence-electron chi connectivity index (χ0n) is 15.1. The molecular weight excluding hydrogens is 318 g/mol. The van der Waals surface area contributed by atoms with E-state index in [4.69, 9.17) is 15.2 Å². The summed E-state index contributed by atoms with van der Waals surface area (Å²) in [6.45, 7) is 7.26. The highest BCUT2D eigenvalue weighted by atomic mass is 16.5. The molecule has 1 aromatic rings. The van der Waals surface area contributed by atoms with Gasteiger partial charge < -0.3 is 20.5 Å². The molecule has 4 atom stereocenters. The lowest BCUT2D eigenvalue weighted by atomic mass is 10.1. The first-order valence-electron chi connectivity index (χ1n) is 9.17. The van der Waals surface area contributed by atoms with Gasteiger partial charge in [-0.3, -0.25) is 9.69 Å². The van der Waals surface area contributed by atoms with E-state index < -0.39 is 6.10 Å². The number of nitrogens with one attached hydrogen (secondary N) is 1. The maximum absolute atomic E-state index is 12.5. The van der Waals surface area contributed by atoms with E-state index in [0.717, 1.165) is 43.7 Å². The zero-order chi connectivity index (χ0) is 17.8. The van der Waals surface area contributed by atoms with Gasteiger partial charge in [0.2, 0.25) is 0 Å². The highest BCUT2D eigenvalue weighted by Crippen LogP contribution is 2.23. The molecule has 25 heavy (non-hydrogen) atoms. The summed E-state index contributed by atoms with van der Waals surface area (Å²) in [7, 11) is 0. The summed E-state index contributed by atoms with van der Waals surface area (Å²) in [5.74, 6) is -0.0767. The number of amides is 1. The van der Waals surface area contributed by atoms with Crippen LogP contribution in [0.5, 0.6) is 0 Å². The predicted octanol–water partition coefficient (Wildman–Crippen LogP) is 1.74. The molecule has 0 aromatic heterocycles. The number of carbonyl (C=O) groups excluding carboxylic acids is 1. The molecule has 6 nitrogen and oxygen atoms in total. The number of nitrogens with zero attached hydrogens (tertiary/aromatic N) is 1. The van der Waals surface area contributed by atoms with Crippen LogP contribution in [0, 0.1) is 0 Å². The Morgan fingerprint density at radius 3 is 2.60 bits per heavy atom. The van der Waals surface area contributed by atoms with Crippen molar-refractivity contribution in [3.63, 3.8) is 0 Å². The highest BCUT2D eigenvalue weighted by Gasteiger charge is 2.30. The number of hydrogen-bond donors (Lipinski definition) is 2. The van der Waals surface area contributed by atoms with Crippen LogP contribution < -0.4 is 11.1 Å². The van der Waals surface area contributed by atoms with Gasteiger partial charge in [0, 0.05) is 31.9 Å². The van der Waals surface area contributed by atoms with Gasteiger partial charge in [-0.25, -0.2) is 0 Å². The van der Waals surface area contributed by atoms with E-state index in [1.165, 1.54) is 0 Å². The molecule has 3 N–H and O–H groups in total. The largest absolute Gasteiger partial charge is 0.373 e. The van der Waals surface area contributed by atoms with Crippen LogP contribution in [0.25, 0.3) is 0 Å². The normalized spacial score (nSPS) is 30.4. The Balaban J connectivity index is 1.63. The second-order valence-electron chi connectivity index (χ2n) is 7.16. The van der Waals surface area contributed by atoms with Crippen molar-refractivity contribution in [3.8, 4) is 0 Å². The van der Waals surface area contributed by atoms with E-state index in [2.05, 4.69) is 30.1 Å². The molecule has 6 heteroatoms. The Bertz CT molecular complexity index is 585. The molecule has 0 radical (unpaired) electrons. The molecule has 138 valence electrons. The lowest BCUT2D eigenvalue weighted by Crippen LogP contribution is -2.44. The van der Waals surface area contributed by atoms with Crippen molar-refractivity contribution in [2.45, 2.75) is 57.6 Å². The zero-order valence-corrected chi connectivity index (χ0v) is 15.1. The number of hydrogen-bond acceptors (Lipinski definition) is 5. The van der Waals surface area contributed by atoms with Crippen LogP contribution in [0.4, 0.5) is 5.69 Å². The van der Waals surface area contributed by atoms with Gasteiger partial charge >= 0.3 is 0 Å². The van der Waals surface area contributed by atoms with E-state index in [-0.39, 0.29) is 24.2 Å². The molecule has 2 unspecified atom stereocenters. The monoisotopic (exact) mass is 347 g/mol. The standard InChI is InChI=1S/C19H29N3O3/c1-13-10-22(11-14(2)24-13)12-15-5-3-4-6-17(15)21-19(23)18-8-7-16(9-20)25-18/h3-6,13-14,16,18H,7-12,20H2,1-2H3,(H,21,23)/t13?,14?,16-,18+/m1/s1. The summed E-state index contributed by atoms with van der Waals surface area (Å²) >= 11 is 0. The Hall–Kier alpha value is -1.47. The fraction of sp³-hybridized carbons (Fsp3) is 0.632. The first kappa shape index (κ1) is 18.3. The first-order valence-corrected chi connectivity index (χ1v) is 9.17. The quantitative estimate of drug-likeness (QED) is 0.848. The maximum Gasteiger partial charge on any atom is 0.253 e. The summed E-state index contributed by atoms with van der Waals surface area (Å²) < 4.78 is 11.5. The third-order valence-electron chi connectivity index (χ3n) is 4.83. The van der Waals surface area contributed by atoms with Crippen molar-refractivity contribution in [1.82, 2.24) is 4.90 Å². The summed E-state index contributed by atoms with van der Waals surface area (Å²) in [6.07, 6.45) is 1.64. The lowest BCUT2D eigenvalue weighted by Gasteiger charge is -2.35. The van der Waals surface area contributed by atoms with Gasteiger partial charge in [-0.05, 0) is 38.3 Å². The number of benzene rings is 1. The van der Waals surface area contributed by atoms with Gasteiger partial charge in [0.15, 0.2) is 0 Å². The Morgan fingerprint density at radius 1 is 1.20 bits per heavy atom. The SMILES string of the molecule is CC1CN(Cc2ccccc2NC(=O)[C@@H]2CC[C@H](CN)O2)CC(C)O1. The van der Waals surface area contributed by atoms with E-state index in [9.17, 15) is 4.79 Å². The van der Waals surface area contributed by atoms with Crippen LogP contribution in [-0.4, -0.2) is 54.9 Å². The van der Waals surface area contributed by atoms with Crippen molar-refractivity contribution in [2.24, 2.45) is 5.73 Å². The summed E-state index contributed by atoms with van der Waals surface area (Å²) in [5.41, 5.74) is 7.60. The van der Waals surface area contributed by atoms with E-state index in [0.29, 0.717) is 6.54 Å². The van der Waals surface area contributed by atoms with E-state index >= 15 is 0 Å². The molecule has 1 aromatic carbocycles. The van der Waals surface area contributed by atoms with Crippen molar-refractivity contribution < 1.29 is 14.3 Å². The second-order valence-corrected chi connectivity index (χ2v) is 7.16. The highest BCUT2D eigenvalue weighted by molar-refractivity contribution is 5.95. The minimum Gasteiger partial charge on any atom is -0.373 e. The maximum atomic E-state index is 12.5. The fourth-order valence-electron chi connectivity index (χ4n) is 3.72. The van der Waals surface area contributed by atoms with Crippen molar-refractivity contribution in [1.29, 1.82) is 0 Å². The number of nitrogens with two attached hydrogens (primary N) is 1. The van der Waals surface area contributed by atoms with Gasteiger partial charge in [-0.1, -0.05) is 18.2 Å². The van der Waals surface area contributed by atoms with Crippen LogP contribution in [0.15, 0.2) is 24.3 Å². The lowest BCUT2D eigenvalue weighted by molar-refractivity contribution is -0.126. The van der Waals surface area contributed by atoms with Crippen LogP contribution in [0.1, 0.15) is 32.3 Å². The van der Waals surface area contributed by atoms with E-state index in [1.54, 1.807) is 0 Å². The van der Waals surface area contributed by atoms with E-state index in [1.807, 2.05) is 18.2 Å².